The van der Waals surface area contributed by atoms with Gasteiger partial charge in [0, 0.05) is 65.4 Å². The van der Waals surface area contributed by atoms with E-state index in [1.165, 1.54) is 26.9 Å². The van der Waals surface area contributed by atoms with Crippen molar-refractivity contribution in [1.82, 2.24) is 9.80 Å². The molecular formula is C10H16N2O4Y2-2. The first-order valence-corrected chi connectivity index (χ1v) is 4.73. The van der Waals surface area contributed by atoms with Crippen molar-refractivity contribution in [2.24, 2.45) is 0 Å². The topological polar surface area (TPSA) is 74.8 Å². The summed E-state index contributed by atoms with van der Waals surface area (Å²) in [5, 5.41) is 0. The van der Waals surface area contributed by atoms with E-state index in [0.717, 1.165) is 9.80 Å². The van der Waals surface area contributed by atoms with Gasteiger partial charge in [-0.05, 0) is 26.9 Å². The fraction of sp³-hybridized carbons (Fsp3) is 0.600. The van der Waals surface area contributed by atoms with Crippen LogP contribution in [0.5, 0.6) is 0 Å². The monoisotopic (exact) mass is 406 g/mol. The second-order valence-corrected chi connectivity index (χ2v) is 2.80. The molecule has 0 N–H and O–H groups in total. The molecule has 0 aliphatic heterocycles. The third-order valence-corrected chi connectivity index (χ3v) is 1.63. The van der Waals surface area contributed by atoms with Gasteiger partial charge in [0.25, 0.3) is 0 Å². The molecule has 0 aromatic carbocycles. The number of imide groups is 2. The Morgan fingerprint density at radius 1 is 0.833 bits per heavy atom. The molecule has 0 atom stereocenters. The third-order valence-electron chi connectivity index (χ3n) is 1.63. The van der Waals surface area contributed by atoms with Crippen LogP contribution in [-0.4, -0.2) is 48.5 Å². The van der Waals surface area contributed by atoms with Gasteiger partial charge in [0.2, 0.25) is 0 Å². The number of carbonyl (C=O) groups excluding carboxylic acids is 4. The molecule has 0 bridgehead atoms. The molecular weight excluding hydrogens is 390 g/mol. The number of amides is 4. The Morgan fingerprint density at radius 2 is 1.06 bits per heavy atom. The van der Waals surface area contributed by atoms with Crippen LogP contribution in [0.2, 0.25) is 0 Å². The van der Waals surface area contributed by atoms with E-state index in [2.05, 4.69) is 0 Å². The van der Waals surface area contributed by atoms with Gasteiger partial charge in [-0.3, -0.25) is 0 Å². The van der Waals surface area contributed by atoms with Crippen molar-refractivity contribution < 1.29 is 84.6 Å². The van der Waals surface area contributed by atoms with Gasteiger partial charge >= 0.3 is 0 Å². The summed E-state index contributed by atoms with van der Waals surface area (Å²) < 4.78 is 0. The number of rotatable bonds is 4. The minimum atomic E-state index is -0.208. The minimum absolute atomic E-state index is 0. The van der Waals surface area contributed by atoms with Gasteiger partial charge in [-0.2, -0.15) is 0 Å². The molecule has 0 heterocycles. The Hall–Kier alpha value is 0.488. The predicted octanol–water partition coefficient (Wildman–Crippen LogP) is -0.161. The smallest absolute Gasteiger partial charge is 0.0738 e. The first kappa shape index (κ1) is 26.9. The van der Waals surface area contributed by atoms with Gasteiger partial charge in [0.15, 0.2) is 0 Å². The minimum Gasteiger partial charge on any atom is -0.451 e. The molecule has 8 heteroatoms. The summed E-state index contributed by atoms with van der Waals surface area (Å²) in [4.78, 5) is 42.0. The molecule has 0 fully saturated rings. The standard InChI is InChI=1S/2C5H8NO2.2Y/c2*1-3-5(8)6(2)4-7;;/h2*3H2,1-2H3;;/q2*-1;;. The second kappa shape index (κ2) is 17.5. The van der Waals surface area contributed by atoms with Crippen LogP contribution < -0.4 is 0 Å². The van der Waals surface area contributed by atoms with Crippen LogP contribution >= 0.6 is 0 Å². The van der Waals surface area contributed by atoms with Crippen molar-refractivity contribution in [3.05, 3.63) is 0 Å². The largest absolute Gasteiger partial charge is 0.451 e. The Kier molecular flexibility index (Phi) is 26.2. The summed E-state index contributed by atoms with van der Waals surface area (Å²) in [5.41, 5.74) is 0. The van der Waals surface area contributed by atoms with Crippen LogP contribution in [0.1, 0.15) is 26.7 Å². The van der Waals surface area contributed by atoms with E-state index in [4.69, 9.17) is 0 Å². The zero-order valence-corrected chi connectivity index (χ0v) is 16.8. The van der Waals surface area contributed by atoms with E-state index in [9.17, 15) is 19.2 Å². The average Bonchev–Trinajstić information content (AvgIpc) is 2.35. The first-order chi connectivity index (χ1) is 7.44. The molecule has 0 aromatic rings. The van der Waals surface area contributed by atoms with Crippen LogP contribution in [0.25, 0.3) is 0 Å². The van der Waals surface area contributed by atoms with Gasteiger partial charge in [-0.1, -0.05) is 13.8 Å². The summed E-state index contributed by atoms with van der Waals surface area (Å²) >= 11 is 0. The number of hydrogen-bond acceptors (Lipinski definition) is 4. The molecule has 98 valence electrons. The summed E-state index contributed by atoms with van der Waals surface area (Å²) in [5.74, 6) is -0.417. The van der Waals surface area contributed by atoms with Crippen LogP contribution in [0.3, 0.4) is 0 Å². The zero-order chi connectivity index (χ0) is 13.1. The van der Waals surface area contributed by atoms with Crippen molar-refractivity contribution in [3.8, 4) is 0 Å². The van der Waals surface area contributed by atoms with E-state index in [1.807, 2.05) is 0 Å². The van der Waals surface area contributed by atoms with Gasteiger partial charge in [0.05, 0.1) is 24.6 Å². The first-order valence-electron chi connectivity index (χ1n) is 4.73. The summed E-state index contributed by atoms with van der Waals surface area (Å²) in [6, 6.07) is 0. The molecule has 2 radical (unpaired) electrons. The molecule has 0 aliphatic carbocycles. The van der Waals surface area contributed by atoms with Crippen molar-refractivity contribution in [3.63, 3.8) is 0 Å². The second-order valence-electron chi connectivity index (χ2n) is 2.80. The molecule has 0 aromatic heterocycles. The molecule has 0 spiro atoms. The Bertz CT molecular complexity index is 236. The number of hydrogen-bond donors (Lipinski definition) is 0. The molecule has 0 aliphatic rings. The fourth-order valence-corrected chi connectivity index (χ4v) is 0.576. The molecule has 18 heavy (non-hydrogen) atoms. The SMILES string of the molecule is CCC(=O)N(C)[C-]=O.CCC(=O)N(C)[C-]=O.[Y].[Y]. The van der Waals surface area contributed by atoms with E-state index in [1.54, 1.807) is 13.8 Å². The Morgan fingerprint density at radius 3 is 1.11 bits per heavy atom. The Balaban J connectivity index is -0.0000000980. The third kappa shape index (κ3) is 14.5. The molecule has 6 nitrogen and oxygen atoms in total. The molecule has 0 saturated heterocycles. The van der Waals surface area contributed by atoms with E-state index in [0.29, 0.717) is 12.8 Å². The van der Waals surface area contributed by atoms with Crippen LogP contribution in [0.4, 0.5) is 0 Å². The van der Waals surface area contributed by atoms with Crippen molar-refractivity contribution in [2.45, 2.75) is 26.7 Å². The fourth-order valence-electron chi connectivity index (χ4n) is 0.576. The normalized spacial score (nSPS) is 7.33. The molecule has 0 rings (SSSR count). The predicted molar refractivity (Wildman–Crippen MR) is 57.5 cm³/mol. The molecule has 0 unspecified atom stereocenters. The van der Waals surface area contributed by atoms with E-state index < -0.39 is 0 Å². The Labute approximate surface area is 158 Å². The molecule has 4 amide bonds. The van der Waals surface area contributed by atoms with Crippen LogP contribution in [-0.2, 0) is 84.6 Å². The molecule has 0 saturated carbocycles. The van der Waals surface area contributed by atoms with Crippen molar-refractivity contribution in [1.29, 1.82) is 0 Å². The van der Waals surface area contributed by atoms with Gasteiger partial charge in [-0.15, -0.1) is 0 Å². The van der Waals surface area contributed by atoms with Crippen LogP contribution in [0, 0.1) is 0 Å². The van der Waals surface area contributed by atoms with E-state index >= 15 is 0 Å². The van der Waals surface area contributed by atoms with Crippen molar-refractivity contribution in [2.75, 3.05) is 14.1 Å². The summed E-state index contributed by atoms with van der Waals surface area (Å²) in [6.45, 7) is 3.38. The summed E-state index contributed by atoms with van der Waals surface area (Å²) in [6.07, 6.45) is 3.60. The maximum atomic E-state index is 10.4. The maximum Gasteiger partial charge on any atom is 0.0738 e. The zero-order valence-electron chi connectivity index (χ0n) is 11.1. The summed E-state index contributed by atoms with van der Waals surface area (Å²) in [7, 11) is 2.78. The maximum absolute atomic E-state index is 10.4. The quantitative estimate of drug-likeness (QED) is 0.481. The van der Waals surface area contributed by atoms with Crippen LogP contribution in [0.15, 0.2) is 0 Å². The van der Waals surface area contributed by atoms with Gasteiger partial charge < -0.3 is 29.0 Å². The van der Waals surface area contributed by atoms with Crippen molar-refractivity contribution >= 4 is 24.6 Å². The van der Waals surface area contributed by atoms with Gasteiger partial charge in [-0.25, -0.2) is 0 Å². The van der Waals surface area contributed by atoms with Gasteiger partial charge in [0.1, 0.15) is 0 Å². The van der Waals surface area contributed by atoms with E-state index in [-0.39, 0.29) is 77.2 Å². The number of nitrogens with zero attached hydrogens (tertiary/aromatic N) is 2. The average molecular weight is 406 g/mol. The number of carbonyl (C=O) groups is 2.